The van der Waals surface area contributed by atoms with Crippen molar-refractivity contribution in [3.63, 3.8) is 0 Å². The molecular formula is C18H13F4NO4S. The third-order valence-electron chi connectivity index (χ3n) is 3.95. The summed E-state index contributed by atoms with van der Waals surface area (Å²) in [5.74, 6) is -2.31. The molecule has 0 saturated heterocycles. The number of carbonyl (C=O) groups excluding carboxylic acids is 1. The van der Waals surface area contributed by atoms with Crippen LogP contribution >= 0.6 is 0 Å². The molecule has 0 unspecified atom stereocenters. The Kier molecular flexibility index (Phi) is 4.92. The quantitative estimate of drug-likeness (QED) is 0.655. The van der Waals surface area contributed by atoms with Gasteiger partial charge in [-0.05, 0) is 36.8 Å². The minimum Gasteiger partial charge on any atom is -0.464 e. The minimum atomic E-state index is -5.12. The van der Waals surface area contributed by atoms with E-state index in [1.54, 1.807) is 22.9 Å². The standard InChI is InChI=1S/C18H13F4NO4S/c1-10-2-4-13-11(9-27-15(13)6-10)7-17(24)23-28(25,26)16-5-3-12(19)8-14(16)18(20,21)22/h2-6,8-9H,7H2,1H3,(H,23,24). The second kappa shape index (κ2) is 6.93. The normalized spacial score (nSPS) is 12.3. The van der Waals surface area contributed by atoms with Crippen molar-refractivity contribution in [2.24, 2.45) is 0 Å². The van der Waals surface area contributed by atoms with Gasteiger partial charge in [-0.25, -0.2) is 17.5 Å². The summed E-state index contributed by atoms with van der Waals surface area (Å²) in [6, 6.07) is 6.27. The molecular weight excluding hydrogens is 402 g/mol. The summed E-state index contributed by atoms with van der Waals surface area (Å²) in [4.78, 5) is 10.9. The number of hydrogen-bond donors (Lipinski definition) is 1. The van der Waals surface area contributed by atoms with E-state index in [1.807, 2.05) is 6.92 Å². The molecule has 5 nitrogen and oxygen atoms in total. The van der Waals surface area contributed by atoms with Crippen LogP contribution in [0.25, 0.3) is 11.0 Å². The number of furan rings is 1. The van der Waals surface area contributed by atoms with Crippen LogP contribution in [0.1, 0.15) is 16.7 Å². The summed E-state index contributed by atoms with van der Waals surface area (Å²) in [6.07, 6.45) is -4.28. The fourth-order valence-corrected chi connectivity index (χ4v) is 3.89. The molecule has 148 valence electrons. The Morgan fingerprint density at radius 3 is 2.54 bits per heavy atom. The highest BCUT2D eigenvalue weighted by Crippen LogP contribution is 2.34. The fourth-order valence-electron chi connectivity index (χ4n) is 2.70. The van der Waals surface area contributed by atoms with Gasteiger partial charge in [0.25, 0.3) is 10.0 Å². The first-order valence-electron chi connectivity index (χ1n) is 7.86. The maximum atomic E-state index is 13.2. The minimum absolute atomic E-state index is 0.0605. The van der Waals surface area contributed by atoms with Gasteiger partial charge >= 0.3 is 6.18 Å². The highest BCUT2D eigenvalue weighted by Gasteiger charge is 2.38. The predicted molar refractivity (Wildman–Crippen MR) is 91.4 cm³/mol. The number of rotatable bonds is 4. The largest absolute Gasteiger partial charge is 0.464 e. The predicted octanol–water partition coefficient (Wildman–Crippen LogP) is 3.95. The van der Waals surface area contributed by atoms with Crippen molar-refractivity contribution in [2.45, 2.75) is 24.4 Å². The van der Waals surface area contributed by atoms with Crippen molar-refractivity contribution in [3.8, 4) is 0 Å². The molecule has 2 aromatic carbocycles. The zero-order valence-corrected chi connectivity index (χ0v) is 15.1. The van der Waals surface area contributed by atoms with Crippen LogP contribution in [0, 0.1) is 12.7 Å². The highest BCUT2D eigenvalue weighted by atomic mass is 32.2. The lowest BCUT2D eigenvalue weighted by Gasteiger charge is -2.14. The molecule has 0 aliphatic heterocycles. The number of hydrogen-bond acceptors (Lipinski definition) is 4. The second-order valence-corrected chi connectivity index (χ2v) is 7.76. The molecule has 3 aromatic rings. The third kappa shape index (κ3) is 4.01. The number of nitrogens with one attached hydrogen (secondary N) is 1. The zero-order chi connectivity index (χ0) is 20.7. The molecule has 0 saturated carbocycles. The Bertz CT molecular complexity index is 1170. The van der Waals surface area contributed by atoms with Crippen LogP contribution in [0.2, 0.25) is 0 Å². The molecule has 1 aromatic heterocycles. The van der Waals surface area contributed by atoms with Crippen LogP contribution in [0.3, 0.4) is 0 Å². The summed E-state index contributed by atoms with van der Waals surface area (Å²) < 4.78 is 83.8. The molecule has 1 amide bonds. The topological polar surface area (TPSA) is 76.4 Å². The van der Waals surface area contributed by atoms with Crippen molar-refractivity contribution >= 4 is 26.9 Å². The van der Waals surface area contributed by atoms with E-state index in [0.29, 0.717) is 28.7 Å². The summed E-state index contributed by atoms with van der Waals surface area (Å²) in [5, 5.41) is 0.580. The first-order valence-corrected chi connectivity index (χ1v) is 9.35. The van der Waals surface area contributed by atoms with Gasteiger partial charge in [0.15, 0.2) is 0 Å². The van der Waals surface area contributed by atoms with E-state index in [9.17, 15) is 30.8 Å². The maximum absolute atomic E-state index is 13.2. The Morgan fingerprint density at radius 2 is 1.86 bits per heavy atom. The number of benzene rings is 2. The van der Waals surface area contributed by atoms with Crippen molar-refractivity contribution in [1.82, 2.24) is 4.72 Å². The van der Waals surface area contributed by atoms with Gasteiger partial charge in [-0.1, -0.05) is 12.1 Å². The first kappa shape index (κ1) is 19.9. The maximum Gasteiger partial charge on any atom is 0.417 e. The molecule has 0 aliphatic rings. The summed E-state index contributed by atoms with van der Waals surface area (Å²) in [7, 11) is -4.87. The van der Waals surface area contributed by atoms with Gasteiger partial charge in [0.05, 0.1) is 23.1 Å². The van der Waals surface area contributed by atoms with Crippen LogP contribution in [-0.4, -0.2) is 14.3 Å². The lowest BCUT2D eigenvalue weighted by atomic mass is 10.1. The molecule has 28 heavy (non-hydrogen) atoms. The molecule has 0 bridgehead atoms. The number of carbonyl (C=O) groups is 1. The molecule has 0 aliphatic carbocycles. The van der Waals surface area contributed by atoms with E-state index in [1.165, 1.54) is 6.26 Å². The van der Waals surface area contributed by atoms with E-state index in [0.717, 1.165) is 5.56 Å². The Morgan fingerprint density at radius 1 is 1.14 bits per heavy atom. The monoisotopic (exact) mass is 415 g/mol. The van der Waals surface area contributed by atoms with Crippen LogP contribution in [0.5, 0.6) is 0 Å². The van der Waals surface area contributed by atoms with Crippen LogP contribution < -0.4 is 4.72 Å². The molecule has 10 heteroatoms. The van der Waals surface area contributed by atoms with Crippen molar-refractivity contribution < 1.29 is 35.2 Å². The highest BCUT2D eigenvalue weighted by molar-refractivity contribution is 7.90. The lowest BCUT2D eigenvalue weighted by molar-refractivity contribution is -0.140. The number of aryl methyl sites for hydroxylation is 1. The average molecular weight is 415 g/mol. The summed E-state index contributed by atoms with van der Waals surface area (Å²) in [6.45, 7) is 1.84. The zero-order valence-electron chi connectivity index (χ0n) is 14.3. The van der Waals surface area contributed by atoms with E-state index in [2.05, 4.69) is 0 Å². The van der Waals surface area contributed by atoms with Crippen LogP contribution in [-0.2, 0) is 27.4 Å². The SMILES string of the molecule is Cc1ccc2c(CC(=O)NS(=O)(=O)c3ccc(F)cc3C(F)(F)F)coc2c1. The Labute approximate surface area is 157 Å². The van der Waals surface area contributed by atoms with Gasteiger partial charge in [0.2, 0.25) is 5.91 Å². The van der Waals surface area contributed by atoms with Crippen molar-refractivity contribution in [2.75, 3.05) is 0 Å². The van der Waals surface area contributed by atoms with Crippen LogP contribution in [0.15, 0.2) is 52.0 Å². The second-order valence-electron chi connectivity index (χ2n) is 6.10. The average Bonchev–Trinajstić information content (AvgIpc) is 2.95. The molecule has 3 rings (SSSR count). The van der Waals surface area contributed by atoms with Gasteiger partial charge in [-0.15, -0.1) is 0 Å². The number of fused-ring (bicyclic) bond motifs is 1. The van der Waals surface area contributed by atoms with Crippen LogP contribution in [0.4, 0.5) is 17.6 Å². The van der Waals surface area contributed by atoms with E-state index in [-0.39, 0.29) is 6.07 Å². The van der Waals surface area contributed by atoms with Gasteiger partial charge in [0.1, 0.15) is 11.4 Å². The van der Waals surface area contributed by atoms with Gasteiger partial charge < -0.3 is 4.42 Å². The smallest absolute Gasteiger partial charge is 0.417 e. The number of amides is 1. The van der Waals surface area contributed by atoms with Crippen molar-refractivity contribution in [1.29, 1.82) is 0 Å². The Balaban J connectivity index is 1.87. The number of sulfonamides is 1. The number of halogens is 4. The fraction of sp³-hybridized carbons (Fsp3) is 0.167. The Hall–Kier alpha value is -2.88. The molecule has 1 heterocycles. The summed E-state index contributed by atoms with van der Waals surface area (Å²) in [5.41, 5.74) is 0.0786. The van der Waals surface area contributed by atoms with Crippen molar-refractivity contribution in [3.05, 3.63) is 65.2 Å². The molecule has 0 spiro atoms. The molecule has 0 radical (unpaired) electrons. The molecule has 0 atom stereocenters. The molecule has 0 fully saturated rings. The van der Waals surface area contributed by atoms with Gasteiger partial charge in [0, 0.05) is 10.9 Å². The number of alkyl halides is 3. The van der Waals surface area contributed by atoms with E-state index < -0.39 is 44.8 Å². The van der Waals surface area contributed by atoms with Gasteiger partial charge in [-0.3, -0.25) is 4.79 Å². The van der Waals surface area contributed by atoms with E-state index in [4.69, 9.17) is 4.42 Å². The summed E-state index contributed by atoms with van der Waals surface area (Å²) >= 11 is 0. The lowest BCUT2D eigenvalue weighted by Crippen LogP contribution is -2.33. The van der Waals surface area contributed by atoms with Gasteiger partial charge in [-0.2, -0.15) is 13.2 Å². The first-order chi connectivity index (χ1) is 13.0. The third-order valence-corrected chi connectivity index (χ3v) is 5.38. The molecule has 1 N–H and O–H groups in total. The van der Waals surface area contributed by atoms with E-state index >= 15 is 0 Å².